The van der Waals surface area contributed by atoms with Gasteiger partial charge in [-0.25, -0.2) is 0 Å². The molecule has 2 fully saturated rings. The number of hydrogen-bond acceptors (Lipinski definition) is 2. The van der Waals surface area contributed by atoms with E-state index in [9.17, 15) is 5.11 Å². The molecule has 2 rings (SSSR count). The highest BCUT2D eigenvalue weighted by atomic mass is 16.3. The lowest BCUT2D eigenvalue weighted by Gasteiger charge is -2.38. The summed E-state index contributed by atoms with van der Waals surface area (Å²) >= 11 is 0. The van der Waals surface area contributed by atoms with Crippen molar-refractivity contribution in [1.82, 2.24) is 4.90 Å². The second kappa shape index (κ2) is 2.73. The number of rotatable bonds is 1. The molecule has 2 aliphatic rings. The monoisotopic (exact) mass is 197 g/mol. The number of fused-ring (bicyclic) bond motifs is 2. The average molecular weight is 197 g/mol. The molecule has 2 nitrogen and oxygen atoms in total. The Balaban J connectivity index is 2.39. The van der Waals surface area contributed by atoms with Crippen molar-refractivity contribution in [2.45, 2.75) is 45.8 Å². The van der Waals surface area contributed by atoms with Crippen LogP contribution in [0.4, 0.5) is 0 Å². The molecule has 0 heterocycles. The molecule has 0 aromatic heterocycles. The van der Waals surface area contributed by atoms with E-state index >= 15 is 0 Å². The molecule has 14 heavy (non-hydrogen) atoms. The van der Waals surface area contributed by atoms with Gasteiger partial charge < -0.3 is 10.0 Å². The van der Waals surface area contributed by atoms with Crippen LogP contribution in [-0.2, 0) is 0 Å². The van der Waals surface area contributed by atoms with Crippen LogP contribution in [0.5, 0.6) is 0 Å². The van der Waals surface area contributed by atoms with E-state index in [1.165, 1.54) is 12.8 Å². The fraction of sp³-hybridized carbons (Fsp3) is 1.00. The van der Waals surface area contributed by atoms with Crippen molar-refractivity contribution in [3.63, 3.8) is 0 Å². The normalized spacial score (nSPS) is 50.4. The van der Waals surface area contributed by atoms with Crippen molar-refractivity contribution in [2.75, 3.05) is 14.1 Å². The fourth-order valence-electron chi connectivity index (χ4n) is 3.93. The number of nitrogens with zero attached hydrogens (tertiary/aromatic N) is 1. The van der Waals surface area contributed by atoms with Gasteiger partial charge in [-0.1, -0.05) is 20.8 Å². The predicted molar refractivity (Wildman–Crippen MR) is 58.1 cm³/mol. The first kappa shape index (κ1) is 10.4. The maximum absolute atomic E-state index is 10.4. The molecule has 0 radical (unpaired) electrons. The molecular weight excluding hydrogens is 174 g/mol. The van der Waals surface area contributed by atoms with Gasteiger partial charge in [0.2, 0.25) is 0 Å². The molecule has 1 N–H and O–H groups in total. The van der Waals surface area contributed by atoms with Gasteiger partial charge in [0, 0.05) is 11.5 Å². The van der Waals surface area contributed by atoms with E-state index < -0.39 is 0 Å². The highest BCUT2D eigenvalue weighted by Gasteiger charge is 2.66. The van der Waals surface area contributed by atoms with E-state index in [1.54, 1.807) is 0 Å². The van der Waals surface area contributed by atoms with Gasteiger partial charge in [-0.3, -0.25) is 0 Å². The fourth-order valence-corrected chi connectivity index (χ4v) is 3.93. The van der Waals surface area contributed by atoms with Crippen molar-refractivity contribution in [3.8, 4) is 0 Å². The third-order valence-corrected chi connectivity index (χ3v) is 5.36. The van der Waals surface area contributed by atoms with Crippen molar-refractivity contribution < 1.29 is 5.11 Å². The standard InChI is InChI=1S/C12H23NO/c1-11(2)8-6-7-12(11,3)10(14)9(8)13(4)5/h8-10,14H,6-7H2,1-5H3/t8-,9?,10?,12+/m0/s1. The first-order chi connectivity index (χ1) is 6.32. The van der Waals surface area contributed by atoms with Gasteiger partial charge in [0.15, 0.2) is 0 Å². The Morgan fingerprint density at radius 1 is 1.21 bits per heavy atom. The summed E-state index contributed by atoms with van der Waals surface area (Å²) in [6, 6.07) is 0.365. The van der Waals surface area contributed by atoms with Crippen LogP contribution >= 0.6 is 0 Å². The second-order valence-electron chi connectivity index (χ2n) is 6.18. The quantitative estimate of drug-likeness (QED) is 0.692. The summed E-state index contributed by atoms with van der Waals surface area (Å²) in [5.41, 5.74) is 0.425. The van der Waals surface area contributed by atoms with Crippen LogP contribution in [0.1, 0.15) is 33.6 Å². The second-order valence-corrected chi connectivity index (χ2v) is 6.18. The summed E-state index contributed by atoms with van der Waals surface area (Å²) in [6.07, 6.45) is 2.32. The smallest absolute Gasteiger partial charge is 0.0756 e. The van der Waals surface area contributed by atoms with Crippen molar-refractivity contribution in [1.29, 1.82) is 0 Å². The molecule has 2 heteroatoms. The molecule has 0 spiro atoms. The molecule has 0 aromatic carbocycles. The van der Waals surface area contributed by atoms with Gasteiger partial charge in [-0.2, -0.15) is 0 Å². The summed E-state index contributed by atoms with van der Waals surface area (Å²) in [4.78, 5) is 2.21. The Bertz CT molecular complexity index is 249. The number of hydrogen-bond donors (Lipinski definition) is 1. The lowest BCUT2D eigenvalue weighted by molar-refractivity contribution is -0.0195. The zero-order valence-corrected chi connectivity index (χ0v) is 10.0. The van der Waals surface area contributed by atoms with Gasteiger partial charge >= 0.3 is 0 Å². The maximum Gasteiger partial charge on any atom is 0.0756 e. The van der Waals surface area contributed by atoms with E-state index in [4.69, 9.17) is 0 Å². The van der Waals surface area contributed by atoms with Crippen LogP contribution in [0.2, 0.25) is 0 Å². The van der Waals surface area contributed by atoms with Crippen LogP contribution in [0.3, 0.4) is 0 Å². The summed E-state index contributed by atoms with van der Waals surface area (Å²) < 4.78 is 0. The predicted octanol–water partition coefficient (Wildman–Crippen LogP) is 1.73. The van der Waals surface area contributed by atoms with Crippen LogP contribution < -0.4 is 0 Å². The highest BCUT2D eigenvalue weighted by Crippen LogP contribution is 2.66. The lowest BCUT2D eigenvalue weighted by Crippen LogP contribution is -2.46. The minimum atomic E-state index is -0.147. The first-order valence-corrected chi connectivity index (χ1v) is 5.67. The van der Waals surface area contributed by atoms with Crippen LogP contribution in [0.25, 0.3) is 0 Å². The first-order valence-electron chi connectivity index (χ1n) is 5.67. The Labute approximate surface area is 87.3 Å². The largest absolute Gasteiger partial charge is 0.391 e. The third-order valence-electron chi connectivity index (χ3n) is 5.36. The molecule has 4 atom stereocenters. The van der Waals surface area contributed by atoms with E-state index in [0.29, 0.717) is 17.4 Å². The maximum atomic E-state index is 10.4. The minimum absolute atomic E-state index is 0.132. The summed E-state index contributed by atoms with van der Waals surface area (Å²) in [5.74, 6) is 0.664. The Hall–Kier alpha value is -0.0800. The van der Waals surface area contributed by atoms with E-state index in [2.05, 4.69) is 39.8 Å². The topological polar surface area (TPSA) is 23.5 Å². The molecule has 2 unspecified atom stereocenters. The average Bonchev–Trinajstić information content (AvgIpc) is 2.35. The molecule has 0 aliphatic heterocycles. The number of aliphatic hydroxyl groups excluding tert-OH is 1. The van der Waals surface area contributed by atoms with Gasteiger partial charge in [0.05, 0.1) is 6.10 Å². The molecular formula is C12H23NO. The molecule has 2 aliphatic carbocycles. The Morgan fingerprint density at radius 3 is 2.07 bits per heavy atom. The van der Waals surface area contributed by atoms with Gasteiger partial charge in [0.25, 0.3) is 0 Å². The van der Waals surface area contributed by atoms with E-state index in [0.717, 1.165) is 0 Å². The van der Waals surface area contributed by atoms with Crippen LogP contribution in [-0.4, -0.2) is 36.2 Å². The summed E-state index contributed by atoms with van der Waals surface area (Å²) in [7, 11) is 4.18. The number of aliphatic hydroxyl groups is 1. The van der Waals surface area contributed by atoms with Crippen molar-refractivity contribution in [2.24, 2.45) is 16.7 Å². The zero-order valence-electron chi connectivity index (χ0n) is 10.0. The van der Waals surface area contributed by atoms with Crippen molar-refractivity contribution >= 4 is 0 Å². The Morgan fingerprint density at radius 2 is 1.79 bits per heavy atom. The van der Waals surface area contributed by atoms with Crippen LogP contribution in [0, 0.1) is 16.7 Å². The lowest BCUT2D eigenvalue weighted by atomic mass is 9.70. The molecule has 2 bridgehead atoms. The van der Waals surface area contributed by atoms with Gasteiger partial charge in [-0.05, 0) is 38.3 Å². The molecule has 0 amide bonds. The van der Waals surface area contributed by atoms with E-state index in [1.807, 2.05) is 0 Å². The molecule has 82 valence electrons. The van der Waals surface area contributed by atoms with Crippen LogP contribution in [0.15, 0.2) is 0 Å². The Kier molecular flexibility index (Phi) is 2.04. The SMILES string of the molecule is CN(C)C1C(O)[C@@]2(C)CC[C@@H]1C2(C)C. The zero-order chi connectivity index (χ0) is 10.7. The molecule has 2 saturated carbocycles. The third kappa shape index (κ3) is 0.938. The number of likely N-dealkylation sites (N-methyl/N-ethyl adjacent to an activating group) is 1. The summed E-state index contributed by atoms with van der Waals surface area (Å²) in [5, 5.41) is 10.4. The minimum Gasteiger partial charge on any atom is -0.391 e. The van der Waals surface area contributed by atoms with Gasteiger partial charge in [-0.15, -0.1) is 0 Å². The molecule has 0 aromatic rings. The van der Waals surface area contributed by atoms with E-state index in [-0.39, 0.29) is 11.5 Å². The molecule has 0 saturated heterocycles. The van der Waals surface area contributed by atoms with Gasteiger partial charge in [0.1, 0.15) is 0 Å². The summed E-state index contributed by atoms with van der Waals surface area (Å²) in [6.45, 7) is 6.93. The van der Waals surface area contributed by atoms with Crippen molar-refractivity contribution in [3.05, 3.63) is 0 Å². The highest BCUT2D eigenvalue weighted by molar-refractivity contribution is 5.16.